The number of carbonyl (C=O) groups excluding carboxylic acids is 1. The third-order valence-electron chi connectivity index (χ3n) is 2.84. The zero-order valence-electron chi connectivity index (χ0n) is 10.9. The molecule has 0 spiro atoms. The summed E-state index contributed by atoms with van der Waals surface area (Å²) < 4.78 is 6.56. The van der Waals surface area contributed by atoms with Crippen LogP contribution in [0.3, 0.4) is 0 Å². The largest absolute Gasteiger partial charge is 0.465 e. The van der Waals surface area contributed by atoms with Crippen molar-refractivity contribution in [3.8, 4) is 0 Å². The Morgan fingerprint density at radius 1 is 1.39 bits per heavy atom. The summed E-state index contributed by atoms with van der Waals surface area (Å²) in [5.74, 6) is 1.14. The molecule has 0 radical (unpaired) electrons. The predicted molar refractivity (Wildman–Crippen MR) is 67.5 cm³/mol. The van der Waals surface area contributed by atoms with E-state index in [1.165, 1.54) is 7.11 Å². The van der Waals surface area contributed by atoms with Crippen LogP contribution < -0.4 is 0 Å². The van der Waals surface area contributed by atoms with Gasteiger partial charge in [-0.1, -0.05) is 13.8 Å². The second-order valence-corrected chi connectivity index (χ2v) is 4.69. The lowest BCUT2D eigenvalue weighted by atomic mass is 10.1. The molecule has 2 aromatic rings. The lowest BCUT2D eigenvalue weighted by Gasteiger charge is -2.04. The van der Waals surface area contributed by atoms with Crippen molar-refractivity contribution < 1.29 is 9.53 Å². The number of hydrogen-bond acceptors (Lipinski definition) is 4. The standard InChI is InChI=1S/C13H17N3O2/c1-9(2)4-6-11-14-15-12-7-5-10(8-16(11)12)13(17)18-3/h5,7-9H,4,6H2,1-3H3. The van der Waals surface area contributed by atoms with E-state index < -0.39 is 0 Å². The molecule has 0 unspecified atom stereocenters. The number of nitrogens with zero attached hydrogens (tertiary/aromatic N) is 3. The molecule has 5 heteroatoms. The van der Waals surface area contributed by atoms with Crippen LogP contribution in [0.4, 0.5) is 0 Å². The average Bonchev–Trinajstić information content (AvgIpc) is 2.77. The number of methoxy groups -OCH3 is 1. The predicted octanol–water partition coefficient (Wildman–Crippen LogP) is 2.10. The Morgan fingerprint density at radius 2 is 2.17 bits per heavy atom. The highest BCUT2D eigenvalue weighted by atomic mass is 16.5. The first-order valence-electron chi connectivity index (χ1n) is 6.03. The Hall–Kier alpha value is -1.91. The summed E-state index contributed by atoms with van der Waals surface area (Å²) >= 11 is 0. The van der Waals surface area contributed by atoms with Gasteiger partial charge in [0.25, 0.3) is 0 Å². The Balaban J connectivity index is 2.34. The fraction of sp³-hybridized carbons (Fsp3) is 0.462. The number of pyridine rings is 1. The van der Waals surface area contributed by atoms with Crippen LogP contribution in [0.15, 0.2) is 18.3 Å². The van der Waals surface area contributed by atoms with Crippen molar-refractivity contribution in [1.29, 1.82) is 0 Å². The monoisotopic (exact) mass is 247 g/mol. The minimum Gasteiger partial charge on any atom is -0.465 e. The highest BCUT2D eigenvalue weighted by Crippen LogP contribution is 2.11. The van der Waals surface area contributed by atoms with Crippen LogP contribution in [-0.4, -0.2) is 27.7 Å². The molecule has 2 heterocycles. The molecule has 18 heavy (non-hydrogen) atoms. The van der Waals surface area contributed by atoms with Gasteiger partial charge in [-0.05, 0) is 24.5 Å². The molecule has 96 valence electrons. The Kier molecular flexibility index (Phi) is 3.60. The van der Waals surface area contributed by atoms with Crippen molar-refractivity contribution in [2.75, 3.05) is 7.11 Å². The molecule has 0 aliphatic heterocycles. The molecule has 2 aromatic heterocycles. The molecule has 0 N–H and O–H groups in total. The van der Waals surface area contributed by atoms with E-state index in [9.17, 15) is 4.79 Å². The summed E-state index contributed by atoms with van der Waals surface area (Å²) in [5, 5.41) is 8.24. The third kappa shape index (κ3) is 2.50. The smallest absolute Gasteiger partial charge is 0.339 e. The van der Waals surface area contributed by atoms with Gasteiger partial charge in [-0.3, -0.25) is 4.40 Å². The maximum Gasteiger partial charge on any atom is 0.339 e. The molecule has 2 rings (SSSR count). The van der Waals surface area contributed by atoms with Gasteiger partial charge in [-0.15, -0.1) is 10.2 Å². The minimum absolute atomic E-state index is 0.347. The van der Waals surface area contributed by atoms with Crippen LogP contribution >= 0.6 is 0 Å². The quantitative estimate of drug-likeness (QED) is 0.776. The Morgan fingerprint density at radius 3 is 2.83 bits per heavy atom. The van der Waals surface area contributed by atoms with Crippen LogP contribution in [0.5, 0.6) is 0 Å². The van der Waals surface area contributed by atoms with E-state index in [0.717, 1.165) is 24.3 Å². The van der Waals surface area contributed by atoms with E-state index in [1.807, 2.05) is 4.40 Å². The number of esters is 1. The average molecular weight is 247 g/mol. The van der Waals surface area contributed by atoms with Crippen LogP contribution in [0.1, 0.15) is 36.5 Å². The van der Waals surface area contributed by atoms with Crippen LogP contribution in [0, 0.1) is 5.92 Å². The molecule has 0 bridgehead atoms. The lowest BCUT2D eigenvalue weighted by molar-refractivity contribution is 0.0600. The fourth-order valence-electron chi connectivity index (χ4n) is 1.77. The summed E-state index contributed by atoms with van der Waals surface area (Å²) in [5.41, 5.74) is 1.26. The van der Waals surface area contributed by atoms with E-state index in [1.54, 1.807) is 18.3 Å². The lowest BCUT2D eigenvalue weighted by Crippen LogP contribution is -2.04. The van der Waals surface area contributed by atoms with Gasteiger partial charge in [0.05, 0.1) is 12.7 Å². The molecule has 0 atom stereocenters. The van der Waals surface area contributed by atoms with Gasteiger partial charge in [0.15, 0.2) is 5.65 Å². The van der Waals surface area contributed by atoms with Crippen molar-refractivity contribution in [2.45, 2.75) is 26.7 Å². The van der Waals surface area contributed by atoms with Gasteiger partial charge < -0.3 is 4.74 Å². The molecule has 0 aliphatic rings. The van der Waals surface area contributed by atoms with Crippen LogP contribution in [-0.2, 0) is 11.2 Å². The van der Waals surface area contributed by atoms with Gasteiger partial charge in [-0.25, -0.2) is 4.79 Å². The Bertz CT molecular complexity index is 560. The molecule has 0 saturated carbocycles. The summed E-state index contributed by atoms with van der Waals surface area (Å²) in [6.07, 6.45) is 3.63. The van der Waals surface area contributed by atoms with E-state index in [-0.39, 0.29) is 5.97 Å². The highest BCUT2D eigenvalue weighted by Gasteiger charge is 2.10. The number of rotatable bonds is 4. The fourth-order valence-corrected chi connectivity index (χ4v) is 1.77. The molecular formula is C13H17N3O2. The summed E-state index contributed by atoms with van der Waals surface area (Å²) in [6.45, 7) is 4.34. The molecule has 5 nitrogen and oxygen atoms in total. The minimum atomic E-state index is -0.347. The van der Waals surface area contributed by atoms with E-state index in [0.29, 0.717) is 11.5 Å². The highest BCUT2D eigenvalue weighted by molar-refractivity contribution is 5.89. The van der Waals surface area contributed by atoms with Crippen molar-refractivity contribution in [2.24, 2.45) is 5.92 Å². The maximum absolute atomic E-state index is 11.5. The van der Waals surface area contributed by atoms with E-state index in [2.05, 4.69) is 24.0 Å². The molecule has 0 fully saturated rings. The number of ether oxygens (including phenoxy) is 1. The van der Waals surface area contributed by atoms with Crippen molar-refractivity contribution >= 4 is 11.6 Å². The molecule has 0 saturated heterocycles. The van der Waals surface area contributed by atoms with Gasteiger partial charge in [0, 0.05) is 12.6 Å². The van der Waals surface area contributed by atoms with E-state index >= 15 is 0 Å². The van der Waals surface area contributed by atoms with Crippen LogP contribution in [0.25, 0.3) is 5.65 Å². The maximum atomic E-state index is 11.5. The first-order chi connectivity index (χ1) is 8.61. The molecular weight excluding hydrogens is 230 g/mol. The Labute approximate surface area is 106 Å². The number of aryl methyl sites for hydroxylation is 1. The normalized spacial score (nSPS) is 11.1. The first-order valence-corrected chi connectivity index (χ1v) is 6.03. The van der Waals surface area contributed by atoms with Crippen LogP contribution in [0.2, 0.25) is 0 Å². The summed E-state index contributed by atoms with van der Waals surface area (Å²) in [4.78, 5) is 11.5. The number of aromatic nitrogens is 3. The number of carbonyl (C=O) groups is 1. The summed E-state index contributed by atoms with van der Waals surface area (Å²) in [7, 11) is 1.37. The van der Waals surface area contributed by atoms with Gasteiger partial charge in [-0.2, -0.15) is 0 Å². The van der Waals surface area contributed by atoms with Crippen molar-refractivity contribution in [3.63, 3.8) is 0 Å². The molecule has 0 aliphatic carbocycles. The SMILES string of the molecule is COC(=O)c1ccc2nnc(CCC(C)C)n2c1. The second kappa shape index (κ2) is 5.16. The molecule has 0 aromatic carbocycles. The van der Waals surface area contributed by atoms with E-state index in [4.69, 9.17) is 4.74 Å². The summed E-state index contributed by atoms with van der Waals surface area (Å²) in [6, 6.07) is 3.47. The van der Waals surface area contributed by atoms with Gasteiger partial charge >= 0.3 is 5.97 Å². The zero-order chi connectivity index (χ0) is 13.1. The molecule has 0 amide bonds. The first kappa shape index (κ1) is 12.5. The third-order valence-corrected chi connectivity index (χ3v) is 2.84. The van der Waals surface area contributed by atoms with Crippen molar-refractivity contribution in [1.82, 2.24) is 14.6 Å². The van der Waals surface area contributed by atoms with Gasteiger partial charge in [0.1, 0.15) is 5.82 Å². The zero-order valence-corrected chi connectivity index (χ0v) is 10.9. The number of fused-ring (bicyclic) bond motifs is 1. The second-order valence-electron chi connectivity index (χ2n) is 4.69. The topological polar surface area (TPSA) is 56.5 Å². The van der Waals surface area contributed by atoms with Gasteiger partial charge in [0.2, 0.25) is 0 Å². The van der Waals surface area contributed by atoms with Crippen molar-refractivity contribution in [3.05, 3.63) is 29.7 Å². The number of hydrogen-bond donors (Lipinski definition) is 0.